The molecule has 0 bridgehead atoms. The van der Waals surface area contributed by atoms with Crippen LogP contribution in [0.5, 0.6) is 0 Å². The number of nitrogens with one attached hydrogen (secondary N) is 1. The predicted molar refractivity (Wildman–Crippen MR) is 122 cm³/mol. The van der Waals surface area contributed by atoms with E-state index >= 15 is 0 Å². The first kappa shape index (κ1) is 21.8. The molecule has 1 fully saturated rings. The standard InChI is InChI=1S/C22H22N4O5S2/c27-20(16-8-12-31-14-16)24-22-23-18-7-11-25(13-19(18)32-22)21(28)15-3-5-17(6-4-15)33(29,30)26-9-1-2-10-26/h3-6,8,12,14H,1-2,7,9-11,13H2,(H,23,24,27). The molecule has 2 aromatic heterocycles. The fraction of sp³-hybridized carbons (Fsp3) is 0.318. The van der Waals surface area contributed by atoms with Crippen molar-refractivity contribution in [3.05, 3.63) is 64.6 Å². The van der Waals surface area contributed by atoms with Crippen molar-refractivity contribution in [3.8, 4) is 0 Å². The van der Waals surface area contributed by atoms with Gasteiger partial charge in [0.05, 0.1) is 29.0 Å². The fourth-order valence-electron chi connectivity index (χ4n) is 4.01. The molecule has 1 N–H and O–H groups in total. The Balaban J connectivity index is 1.26. The van der Waals surface area contributed by atoms with E-state index in [1.165, 1.54) is 40.3 Å². The quantitative estimate of drug-likeness (QED) is 0.593. The van der Waals surface area contributed by atoms with Crippen LogP contribution in [0.15, 0.2) is 52.2 Å². The average molecular weight is 487 g/mol. The number of hydrogen-bond acceptors (Lipinski definition) is 7. The number of carbonyl (C=O) groups is 2. The zero-order valence-electron chi connectivity index (χ0n) is 17.7. The summed E-state index contributed by atoms with van der Waals surface area (Å²) in [6.45, 7) is 1.97. The maximum Gasteiger partial charge on any atom is 0.260 e. The van der Waals surface area contributed by atoms with E-state index in [4.69, 9.17) is 4.42 Å². The minimum atomic E-state index is -3.51. The number of thiazole rings is 1. The van der Waals surface area contributed by atoms with Crippen molar-refractivity contribution >= 4 is 38.3 Å². The van der Waals surface area contributed by atoms with Crippen molar-refractivity contribution < 1.29 is 22.4 Å². The second-order valence-electron chi connectivity index (χ2n) is 7.97. The number of benzene rings is 1. The fourth-order valence-corrected chi connectivity index (χ4v) is 6.55. The number of carbonyl (C=O) groups excluding carboxylic acids is 2. The molecule has 2 aliphatic heterocycles. The summed E-state index contributed by atoms with van der Waals surface area (Å²) in [5, 5.41) is 3.25. The molecule has 9 nitrogen and oxygen atoms in total. The Bertz CT molecular complexity index is 1280. The van der Waals surface area contributed by atoms with Crippen molar-refractivity contribution in [3.63, 3.8) is 0 Å². The molecular formula is C22H22N4O5S2. The molecule has 0 atom stereocenters. The van der Waals surface area contributed by atoms with Crippen molar-refractivity contribution in [1.29, 1.82) is 0 Å². The van der Waals surface area contributed by atoms with Crippen molar-refractivity contribution in [2.45, 2.75) is 30.7 Å². The Morgan fingerprint density at radius 3 is 2.48 bits per heavy atom. The summed E-state index contributed by atoms with van der Waals surface area (Å²) < 4.78 is 31.8. The summed E-state index contributed by atoms with van der Waals surface area (Å²) in [5.74, 6) is -0.463. The SMILES string of the molecule is O=C(Nc1nc2c(s1)CN(C(=O)c1ccc(S(=O)(=O)N3CCCC3)cc1)CC2)c1ccoc1. The number of rotatable bonds is 5. The number of furan rings is 1. The third-order valence-electron chi connectivity index (χ3n) is 5.83. The van der Waals surface area contributed by atoms with Gasteiger partial charge in [0.25, 0.3) is 11.8 Å². The van der Waals surface area contributed by atoms with Gasteiger partial charge in [-0.2, -0.15) is 4.31 Å². The zero-order valence-corrected chi connectivity index (χ0v) is 19.3. The molecule has 4 heterocycles. The second kappa shape index (κ2) is 8.73. The average Bonchev–Trinajstić information content (AvgIpc) is 3.59. The van der Waals surface area contributed by atoms with E-state index in [9.17, 15) is 18.0 Å². The maximum atomic E-state index is 13.0. The van der Waals surface area contributed by atoms with Gasteiger partial charge in [-0.25, -0.2) is 13.4 Å². The smallest absolute Gasteiger partial charge is 0.260 e. The van der Waals surface area contributed by atoms with E-state index in [1.54, 1.807) is 23.1 Å². The van der Waals surface area contributed by atoms with Gasteiger partial charge in [0.2, 0.25) is 10.0 Å². The third-order valence-corrected chi connectivity index (χ3v) is 8.74. The number of fused-ring (bicyclic) bond motifs is 1. The highest BCUT2D eigenvalue weighted by molar-refractivity contribution is 7.89. The highest BCUT2D eigenvalue weighted by Crippen LogP contribution is 2.30. The highest BCUT2D eigenvalue weighted by atomic mass is 32.2. The van der Waals surface area contributed by atoms with Crippen LogP contribution in [0.25, 0.3) is 0 Å². The van der Waals surface area contributed by atoms with Gasteiger partial charge in [0.1, 0.15) is 6.26 Å². The number of sulfonamides is 1. The zero-order chi connectivity index (χ0) is 23.0. The lowest BCUT2D eigenvalue weighted by Crippen LogP contribution is -2.35. The van der Waals surface area contributed by atoms with Gasteiger partial charge in [0, 0.05) is 36.5 Å². The highest BCUT2D eigenvalue weighted by Gasteiger charge is 2.29. The summed E-state index contributed by atoms with van der Waals surface area (Å²) in [4.78, 5) is 32.6. The number of aromatic nitrogens is 1. The van der Waals surface area contributed by atoms with Crippen LogP contribution in [0.1, 0.15) is 44.1 Å². The number of nitrogens with zero attached hydrogens (tertiary/aromatic N) is 3. The molecule has 1 aromatic carbocycles. The summed E-state index contributed by atoms with van der Waals surface area (Å²) in [7, 11) is -3.51. The monoisotopic (exact) mass is 486 g/mol. The minimum absolute atomic E-state index is 0.164. The van der Waals surface area contributed by atoms with Crippen molar-refractivity contribution in [2.75, 3.05) is 25.0 Å². The molecular weight excluding hydrogens is 464 g/mol. The van der Waals surface area contributed by atoms with Gasteiger partial charge >= 0.3 is 0 Å². The molecule has 3 aromatic rings. The largest absolute Gasteiger partial charge is 0.472 e. The topological polar surface area (TPSA) is 113 Å². The van der Waals surface area contributed by atoms with Crippen LogP contribution in [0.2, 0.25) is 0 Å². The van der Waals surface area contributed by atoms with Crippen LogP contribution in [-0.2, 0) is 23.0 Å². The van der Waals surface area contributed by atoms with Gasteiger partial charge in [-0.15, -0.1) is 0 Å². The first-order chi connectivity index (χ1) is 15.9. The molecule has 172 valence electrons. The van der Waals surface area contributed by atoms with Crippen LogP contribution in [0.3, 0.4) is 0 Å². The maximum absolute atomic E-state index is 13.0. The lowest BCUT2D eigenvalue weighted by Gasteiger charge is -2.26. The lowest BCUT2D eigenvalue weighted by atomic mass is 10.1. The molecule has 33 heavy (non-hydrogen) atoms. The summed E-state index contributed by atoms with van der Waals surface area (Å²) in [5.41, 5.74) is 1.73. The molecule has 0 spiro atoms. The summed E-state index contributed by atoms with van der Waals surface area (Å²) >= 11 is 1.34. The van der Waals surface area contributed by atoms with E-state index in [0.29, 0.717) is 48.9 Å². The summed E-state index contributed by atoms with van der Waals surface area (Å²) in [6, 6.07) is 7.73. The normalized spacial score (nSPS) is 16.5. The van der Waals surface area contributed by atoms with Crippen LogP contribution >= 0.6 is 11.3 Å². The molecule has 2 amide bonds. The Morgan fingerprint density at radius 2 is 1.79 bits per heavy atom. The van der Waals surface area contributed by atoms with Gasteiger partial charge in [-0.1, -0.05) is 11.3 Å². The molecule has 1 saturated heterocycles. The molecule has 0 saturated carbocycles. The molecule has 5 rings (SSSR count). The van der Waals surface area contributed by atoms with Crippen LogP contribution in [0, 0.1) is 0 Å². The predicted octanol–water partition coefficient (Wildman–Crippen LogP) is 2.97. The van der Waals surface area contributed by atoms with Gasteiger partial charge < -0.3 is 9.32 Å². The van der Waals surface area contributed by atoms with E-state index in [0.717, 1.165) is 23.4 Å². The third kappa shape index (κ3) is 4.31. The lowest BCUT2D eigenvalue weighted by molar-refractivity contribution is 0.0736. The minimum Gasteiger partial charge on any atom is -0.472 e. The molecule has 11 heteroatoms. The number of hydrogen-bond donors (Lipinski definition) is 1. The number of anilines is 1. The first-order valence-electron chi connectivity index (χ1n) is 10.6. The Hall–Kier alpha value is -3.02. The van der Waals surface area contributed by atoms with Gasteiger partial charge in [0.15, 0.2) is 5.13 Å². The Labute approximate surface area is 195 Å². The van der Waals surface area contributed by atoms with E-state index < -0.39 is 10.0 Å². The molecule has 0 radical (unpaired) electrons. The van der Waals surface area contributed by atoms with Gasteiger partial charge in [-0.3, -0.25) is 14.9 Å². The number of amides is 2. The van der Waals surface area contributed by atoms with Gasteiger partial charge in [-0.05, 0) is 43.2 Å². The van der Waals surface area contributed by atoms with E-state index in [-0.39, 0.29) is 16.7 Å². The first-order valence-corrected chi connectivity index (χ1v) is 12.9. The van der Waals surface area contributed by atoms with Crippen LogP contribution in [-0.4, -0.2) is 54.1 Å². The Kier molecular flexibility index (Phi) is 5.77. The van der Waals surface area contributed by atoms with E-state index in [2.05, 4.69) is 10.3 Å². The summed E-state index contributed by atoms with van der Waals surface area (Å²) in [6.07, 6.45) is 5.13. The molecule has 0 unspecified atom stereocenters. The van der Waals surface area contributed by atoms with E-state index in [1.807, 2.05) is 0 Å². The van der Waals surface area contributed by atoms with Crippen molar-refractivity contribution in [1.82, 2.24) is 14.2 Å². The van der Waals surface area contributed by atoms with Crippen LogP contribution in [0.4, 0.5) is 5.13 Å². The Morgan fingerprint density at radius 1 is 1.03 bits per heavy atom. The second-order valence-corrected chi connectivity index (χ2v) is 11.0. The van der Waals surface area contributed by atoms with Crippen LogP contribution < -0.4 is 5.32 Å². The van der Waals surface area contributed by atoms with Crippen molar-refractivity contribution in [2.24, 2.45) is 0 Å². The molecule has 0 aliphatic carbocycles. The molecule has 2 aliphatic rings.